The van der Waals surface area contributed by atoms with Gasteiger partial charge in [-0.15, -0.1) is 0 Å². The van der Waals surface area contributed by atoms with Gasteiger partial charge in [-0.1, -0.05) is 20.8 Å². The van der Waals surface area contributed by atoms with Crippen LogP contribution in [0.3, 0.4) is 0 Å². The molecular weight excluding hydrogens is 332 g/mol. The molecule has 1 amide bonds. The minimum absolute atomic E-state index is 0.0919. The number of hydrogen-bond donors (Lipinski definition) is 2. The summed E-state index contributed by atoms with van der Waals surface area (Å²) in [5.41, 5.74) is 0.302. The first-order chi connectivity index (χ1) is 12.2. The third-order valence-electron chi connectivity index (χ3n) is 3.90. The highest BCUT2D eigenvalue weighted by Crippen LogP contribution is 2.19. The second kappa shape index (κ2) is 8.08. The summed E-state index contributed by atoms with van der Waals surface area (Å²) in [4.78, 5) is 27.3. The van der Waals surface area contributed by atoms with Crippen molar-refractivity contribution < 1.29 is 14.3 Å². The number of nitrogens with one attached hydrogen (secondary N) is 2. The highest BCUT2D eigenvalue weighted by Gasteiger charge is 2.18. The van der Waals surface area contributed by atoms with Gasteiger partial charge in [-0.05, 0) is 43.3 Å². The lowest BCUT2D eigenvalue weighted by Crippen LogP contribution is -2.39. The number of pyridine rings is 1. The predicted octanol–water partition coefficient (Wildman–Crippen LogP) is 2.88. The summed E-state index contributed by atoms with van der Waals surface area (Å²) in [7, 11) is 1.60. The number of ether oxygens (including phenoxy) is 2. The topological polar surface area (TPSA) is 80.4 Å². The lowest BCUT2D eigenvalue weighted by Gasteiger charge is -2.19. The molecule has 0 spiro atoms. The number of aromatic amines is 1. The summed E-state index contributed by atoms with van der Waals surface area (Å²) in [6, 6.07) is 10.3. The Morgan fingerprint density at radius 2 is 1.73 bits per heavy atom. The third kappa shape index (κ3) is 5.12. The van der Waals surface area contributed by atoms with Crippen LogP contribution in [-0.2, 0) is 5.41 Å². The number of H-pyrrole nitrogens is 1. The zero-order valence-electron chi connectivity index (χ0n) is 15.9. The normalized spacial score (nSPS) is 12.3. The van der Waals surface area contributed by atoms with Gasteiger partial charge in [-0.3, -0.25) is 9.59 Å². The van der Waals surface area contributed by atoms with E-state index in [1.165, 1.54) is 0 Å². The summed E-state index contributed by atoms with van der Waals surface area (Å²) in [6.07, 6.45) is 0. The van der Waals surface area contributed by atoms with Crippen LogP contribution in [0.15, 0.2) is 41.2 Å². The van der Waals surface area contributed by atoms with E-state index in [1.807, 2.05) is 27.7 Å². The Labute approximate surface area is 153 Å². The van der Waals surface area contributed by atoms with E-state index in [0.29, 0.717) is 5.75 Å². The van der Waals surface area contributed by atoms with Gasteiger partial charge in [-0.25, -0.2) is 0 Å². The van der Waals surface area contributed by atoms with Crippen LogP contribution in [0.4, 0.5) is 0 Å². The third-order valence-corrected chi connectivity index (χ3v) is 3.90. The SMILES string of the molecule is COc1ccc(OC[C@H](C)NC(=O)c2ccc(C(C)(C)C)[nH]c2=O)cc1. The Balaban J connectivity index is 1.95. The van der Waals surface area contributed by atoms with Gasteiger partial charge >= 0.3 is 0 Å². The zero-order valence-corrected chi connectivity index (χ0v) is 15.9. The van der Waals surface area contributed by atoms with E-state index in [1.54, 1.807) is 43.5 Å². The maximum atomic E-state index is 12.3. The average molecular weight is 358 g/mol. The van der Waals surface area contributed by atoms with E-state index in [0.717, 1.165) is 11.4 Å². The Bertz CT molecular complexity index is 804. The van der Waals surface area contributed by atoms with Crippen LogP contribution in [0.2, 0.25) is 0 Å². The molecule has 2 rings (SSSR count). The van der Waals surface area contributed by atoms with Crippen LogP contribution < -0.4 is 20.3 Å². The monoisotopic (exact) mass is 358 g/mol. The molecule has 26 heavy (non-hydrogen) atoms. The lowest BCUT2D eigenvalue weighted by molar-refractivity contribution is 0.0925. The van der Waals surface area contributed by atoms with Crippen LogP contribution in [0.5, 0.6) is 11.5 Å². The molecule has 6 heteroatoms. The van der Waals surface area contributed by atoms with Gasteiger partial charge in [0, 0.05) is 11.1 Å². The van der Waals surface area contributed by atoms with Gasteiger partial charge in [0.15, 0.2) is 0 Å². The molecule has 2 aromatic rings. The summed E-state index contributed by atoms with van der Waals surface area (Å²) in [5.74, 6) is 1.01. The van der Waals surface area contributed by atoms with Gasteiger partial charge < -0.3 is 19.8 Å². The highest BCUT2D eigenvalue weighted by atomic mass is 16.5. The van der Waals surface area contributed by atoms with Crippen LogP contribution in [-0.4, -0.2) is 30.6 Å². The number of rotatable bonds is 6. The number of hydrogen-bond acceptors (Lipinski definition) is 4. The van der Waals surface area contributed by atoms with Crippen molar-refractivity contribution in [2.75, 3.05) is 13.7 Å². The first kappa shape index (κ1) is 19.6. The van der Waals surface area contributed by atoms with E-state index in [-0.39, 0.29) is 23.6 Å². The maximum Gasteiger partial charge on any atom is 0.261 e. The van der Waals surface area contributed by atoms with Crippen molar-refractivity contribution in [2.45, 2.75) is 39.2 Å². The van der Waals surface area contributed by atoms with Gasteiger partial charge in [0.25, 0.3) is 11.5 Å². The first-order valence-electron chi connectivity index (χ1n) is 8.52. The zero-order chi connectivity index (χ0) is 19.3. The number of methoxy groups -OCH3 is 1. The molecule has 0 saturated heterocycles. The molecule has 0 bridgehead atoms. The second-order valence-corrected chi connectivity index (χ2v) is 7.23. The van der Waals surface area contributed by atoms with Crippen molar-refractivity contribution in [1.29, 1.82) is 0 Å². The molecule has 0 aliphatic rings. The van der Waals surface area contributed by atoms with Gasteiger partial charge in [0.2, 0.25) is 0 Å². The molecule has 0 unspecified atom stereocenters. The molecule has 1 aromatic heterocycles. The first-order valence-corrected chi connectivity index (χ1v) is 8.52. The molecule has 0 radical (unpaired) electrons. The molecule has 2 N–H and O–H groups in total. The van der Waals surface area contributed by atoms with Crippen LogP contribution in [0.1, 0.15) is 43.7 Å². The van der Waals surface area contributed by atoms with E-state index in [4.69, 9.17) is 9.47 Å². The van der Waals surface area contributed by atoms with Gasteiger partial charge in [0.05, 0.1) is 13.2 Å². The van der Waals surface area contributed by atoms with Crippen molar-refractivity contribution in [3.8, 4) is 11.5 Å². The number of amides is 1. The van der Waals surface area contributed by atoms with Gasteiger partial charge in [-0.2, -0.15) is 0 Å². The molecule has 1 aromatic carbocycles. The molecule has 0 aliphatic carbocycles. The summed E-state index contributed by atoms with van der Waals surface area (Å²) in [6.45, 7) is 8.10. The standard InChI is InChI=1S/C20H26N2O4/c1-13(12-26-15-8-6-14(25-5)7-9-15)21-18(23)16-10-11-17(20(2,3)4)22-19(16)24/h6-11,13H,12H2,1-5H3,(H,21,23)(H,22,24)/t13-/m0/s1. The Morgan fingerprint density at radius 3 is 2.27 bits per heavy atom. The smallest absolute Gasteiger partial charge is 0.261 e. The fourth-order valence-corrected chi connectivity index (χ4v) is 2.33. The molecular formula is C20H26N2O4. The van der Waals surface area contributed by atoms with E-state index < -0.39 is 11.5 Å². The van der Waals surface area contributed by atoms with Crippen LogP contribution in [0, 0.1) is 0 Å². The minimum Gasteiger partial charge on any atom is -0.497 e. The van der Waals surface area contributed by atoms with E-state index in [9.17, 15) is 9.59 Å². The van der Waals surface area contributed by atoms with Crippen molar-refractivity contribution in [3.63, 3.8) is 0 Å². The number of carbonyl (C=O) groups is 1. The maximum absolute atomic E-state index is 12.3. The minimum atomic E-state index is -0.419. The summed E-state index contributed by atoms with van der Waals surface area (Å²) < 4.78 is 10.7. The molecule has 1 heterocycles. The van der Waals surface area contributed by atoms with Crippen molar-refractivity contribution in [2.24, 2.45) is 0 Å². The summed E-state index contributed by atoms with van der Waals surface area (Å²) in [5, 5.41) is 2.78. The Kier molecular flexibility index (Phi) is 6.08. The Morgan fingerprint density at radius 1 is 1.12 bits per heavy atom. The number of benzene rings is 1. The highest BCUT2D eigenvalue weighted by molar-refractivity contribution is 5.94. The predicted molar refractivity (Wildman–Crippen MR) is 101 cm³/mol. The molecule has 0 fully saturated rings. The quantitative estimate of drug-likeness (QED) is 0.832. The van der Waals surface area contributed by atoms with Crippen molar-refractivity contribution >= 4 is 5.91 Å². The van der Waals surface area contributed by atoms with Crippen molar-refractivity contribution in [3.05, 3.63) is 58.0 Å². The lowest BCUT2D eigenvalue weighted by atomic mass is 9.91. The molecule has 0 saturated carbocycles. The number of carbonyl (C=O) groups excluding carboxylic acids is 1. The van der Waals surface area contributed by atoms with E-state index >= 15 is 0 Å². The summed E-state index contributed by atoms with van der Waals surface area (Å²) >= 11 is 0. The average Bonchev–Trinajstić information content (AvgIpc) is 2.59. The molecule has 6 nitrogen and oxygen atoms in total. The fourth-order valence-electron chi connectivity index (χ4n) is 2.33. The largest absolute Gasteiger partial charge is 0.497 e. The molecule has 140 valence electrons. The molecule has 0 aliphatic heterocycles. The van der Waals surface area contributed by atoms with E-state index in [2.05, 4.69) is 10.3 Å². The second-order valence-electron chi connectivity index (χ2n) is 7.23. The molecule has 1 atom stereocenters. The van der Waals surface area contributed by atoms with Crippen molar-refractivity contribution in [1.82, 2.24) is 10.3 Å². The van der Waals surface area contributed by atoms with Gasteiger partial charge in [0.1, 0.15) is 23.7 Å². The van der Waals surface area contributed by atoms with Crippen LogP contribution >= 0.6 is 0 Å². The van der Waals surface area contributed by atoms with Crippen LogP contribution in [0.25, 0.3) is 0 Å². The Hall–Kier alpha value is -2.76. The number of aromatic nitrogens is 1. The fraction of sp³-hybridized carbons (Fsp3) is 0.400.